The van der Waals surface area contributed by atoms with Gasteiger partial charge in [-0.2, -0.15) is 0 Å². The summed E-state index contributed by atoms with van der Waals surface area (Å²) in [6.07, 6.45) is 0.558. The highest BCUT2D eigenvalue weighted by Gasteiger charge is 2.14. The summed E-state index contributed by atoms with van der Waals surface area (Å²) in [6.45, 7) is 4.52. The maximum Gasteiger partial charge on any atom is 0.253 e. The normalized spacial score (nSPS) is 10.1. The Labute approximate surface area is 108 Å². The maximum atomic E-state index is 12.2. The largest absolute Gasteiger partial charge is 0.393 e. The second-order valence-electron chi connectivity index (χ2n) is 4.19. The van der Waals surface area contributed by atoms with Gasteiger partial charge in [0.1, 0.15) is 0 Å². The molecule has 0 atom stereocenters. The van der Waals surface area contributed by atoms with Crippen molar-refractivity contribution in [3.05, 3.63) is 34.9 Å². The van der Waals surface area contributed by atoms with Crippen molar-refractivity contribution in [3.63, 3.8) is 0 Å². The van der Waals surface area contributed by atoms with Gasteiger partial charge in [0, 0.05) is 25.6 Å². The van der Waals surface area contributed by atoms with Crippen molar-refractivity contribution in [1.82, 2.24) is 4.90 Å². The van der Waals surface area contributed by atoms with Gasteiger partial charge in [0.25, 0.3) is 5.91 Å². The smallest absolute Gasteiger partial charge is 0.253 e. The molecule has 0 unspecified atom stereocenters. The Hall–Kier alpha value is -1.42. The van der Waals surface area contributed by atoms with Gasteiger partial charge in [-0.15, -0.1) is 0 Å². The number of benzene rings is 1. The van der Waals surface area contributed by atoms with Gasteiger partial charge in [-0.05, 0) is 31.0 Å². The standard InChI is InChI=1S/C13H18N2OS/c1-9-5-4-6-11(10(9)2)13(16)15(3)8-7-12(14)17/h4-6H,7-8H2,1-3H3,(H2,14,17). The molecule has 3 nitrogen and oxygen atoms in total. The number of hydrogen-bond acceptors (Lipinski definition) is 2. The monoisotopic (exact) mass is 250 g/mol. The average molecular weight is 250 g/mol. The van der Waals surface area contributed by atoms with Crippen LogP contribution in [0.4, 0.5) is 0 Å². The zero-order chi connectivity index (χ0) is 13.0. The number of thiocarbonyl (C=S) groups is 1. The van der Waals surface area contributed by atoms with Crippen LogP contribution in [0.5, 0.6) is 0 Å². The minimum atomic E-state index is 0.0162. The Kier molecular flexibility index (Phi) is 4.63. The summed E-state index contributed by atoms with van der Waals surface area (Å²) in [5, 5.41) is 0. The lowest BCUT2D eigenvalue weighted by atomic mass is 10.0. The molecule has 0 heterocycles. The van der Waals surface area contributed by atoms with E-state index in [1.807, 2.05) is 32.0 Å². The van der Waals surface area contributed by atoms with Gasteiger partial charge >= 0.3 is 0 Å². The molecule has 1 aromatic carbocycles. The van der Waals surface area contributed by atoms with Crippen molar-refractivity contribution >= 4 is 23.1 Å². The molecule has 0 spiro atoms. The zero-order valence-corrected chi connectivity index (χ0v) is 11.3. The van der Waals surface area contributed by atoms with Gasteiger partial charge in [0.05, 0.1) is 4.99 Å². The number of hydrogen-bond donors (Lipinski definition) is 1. The van der Waals surface area contributed by atoms with Gasteiger partial charge in [0.2, 0.25) is 0 Å². The first-order chi connectivity index (χ1) is 7.93. The SMILES string of the molecule is Cc1cccc(C(=O)N(C)CCC(N)=S)c1C. The number of nitrogens with two attached hydrogens (primary N) is 1. The molecule has 1 rings (SSSR count). The second kappa shape index (κ2) is 5.77. The van der Waals surface area contributed by atoms with E-state index in [0.717, 1.165) is 16.7 Å². The van der Waals surface area contributed by atoms with Crippen LogP contribution < -0.4 is 5.73 Å². The summed E-state index contributed by atoms with van der Waals surface area (Å²) in [7, 11) is 1.77. The van der Waals surface area contributed by atoms with E-state index in [4.69, 9.17) is 18.0 Å². The summed E-state index contributed by atoms with van der Waals surface area (Å²) in [5.41, 5.74) is 8.32. The van der Waals surface area contributed by atoms with Crippen molar-refractivity contribution in [2.45, 2.75) is 20.3 Å². The molecule has 0 aliphatic rings. The van der Waals surface area contributed by atoms with Gasteiger partial charge in [-0.25, -0.2) is 0 Å². The summed E-state index contributed by atoms with van der Waals surface area (Å²) < 4.78 is 0. The van der Waals surface area contributed by atoms with Crippen molar-refractivity contribution in [3.8, 4) is 0 Å². The van der Waals surface area contributed by atoms with E-state index in [1.165, 1.54) is 0 Å². The third-order valence-corrected chi connectivity index (χ3v) is 3.08. The minimum Gasteiger partial charge on any atom is -0.393 e. The Morgan fingerprint density at radius 2 is 2.06 bits per heavy atom. The highest BCUT2D eigenvalue weighted by Crippen LogP contribution is 2.14. The third kappa shape index (κ3) is 3.53. The number of rotatable bonds is 4. The predicted molar refractivity (Wildman–Crippen MR) is 74.3 cm³/mol. The molecule has 17 heavy (non-hydrogen) atoms. The Morgan fingerprint density at radius 3 is 2.65 bits per heavy atom. The van der Waals surface area contributed by atoms with Gasteiger partial charge in [-0.3, -0.25) is 4.79 Å². The van der Waals surface area contributed by atoms with Crippen molar-refractivity contribution in [2.75, 3.05) is 13.6 Å². The van der Waals surface area contributed by atoms with Crippen LogP contribution in [0.25, 0.3) is 0 Å². The molecule has 0 aromatic heterocycles. The number of amides is 1. The highest BCUT2D eigenvalue weighted by molar-refractivity contribution is 7.80. The molecular weight excluding hydrogens is 232 g/mol. The summed E-state index contributed by atoms with van der Waals surface area (Å²) >= 11 is 4.80. The quantitative estimate of drug-likeness (QED) is 0.832. The zero-order valence-electron chi connectivity index (χ0n) is 10.5. The van der Waals surface area contributed by atoms with Gasteiger partial charge in [-0.1, -0.05) is 24.4 Å². The van der Waals surface area contributed by atoms with E-state index in [1.54, 1.807) is 11.9 Å². The number of nitrogens with zero attached hydrogens (tertiary/aromatic N) is 1. The molecule has 1 aromatic rings. The molecule has 0 saturated heterocycles. The van der Waals surface area contributed by atoms with Crippen LogP contribution in [0.2, 0.25) is 0 Å². The van der Waals surface area contributed by atoms with E-state index >= 15 is 0 Å². The fourth-order valence-electron chi connectivity index (χ4n) is 1.57. The lowest BCUT2D eigenvalue weighted by molar-refractivity contribution is 0.0798. The van der Waals surface area contributed by atoms with E-state index < -0.39 is 0 Å². The maximum absolute atomic E-state index is 12.2. The molecule has 92 valence electrons. The first-order valence-electron chi connectivity index (χ1n) is 5.53. The molecule has 0 bridgehead atoms. The number of carbonyl (C=O) groups is 1. The van der Waals surface area contributed by atoms with E-state index in [0.29, 0.717) is 18.0 Å². The second-order valence-corrected chi connectivity index (χ2v) is 4.71. The first-order valence-corrected chi connectivity index (χ1v) is 5.94. The fraction of sp³-hybridized carbons (Fsp3) is 0.385. The first kappa shape index (κ1) is 13.6. The van der Waals surface area contributed by atoms with E-state index in [9.17, 15) is 4.79 Å². The van der Waals surface area contributed by atoms with Gasteiger partial charge < -0.3 is 10.6 Å². The Bertz CT molecular complexity index is 443. The molecular formula is C13H18N2OS. The van der Waals surface area contributed by atoms with Crippen LogP contribution in [0.15, 0.2) is 18.2 Å². The van der Waals surface area contributed by atoms with Crippen LogP contribution in [0, 0.1) is 13.8 Å². The fourth-order valence-corrected chi connectivity index (χ4v) is 1.66. The van der Waals surface area contributed by atoms with Crippen LogP contribution in [-0.4, -0.2) is 29.4 Å². The summed E-state index contributed by atoms with van der Waals surface area (Å²) in [5.74, 6) is 0.0162. The van der Waals surface area contributed by atoms with Crippen LogP contribution in [-0.2, 0) is 0 Å². The molecule has 4 heteroatoms. The molecule has 0 aliphatic heterocycles. The Morgan fingerprint density at radius 1 is 1.41 bits per heavy atom. The Balaban J connectivity index is 2.82. The van der Waals surface area contributed by atoms with Crippen LogP contribution >= 0.6 is 12.2 Å². The van der Waals surface area contributed by atoms with Gasteiger partial charge in [0.15, 0.2) is 0 Å². The molecule has 0 radical (unpaired) electrons. The van der Waals surface area contributed by atoms with Crippen molar-refractivity contribution < 1.29 is 4.79 Å². The van der Waals surface area contributed by atoms with Crippen LogP contribution in [0.3, 0.4) is 0 Å². The predicted octanol–water partition coefficient (Wildman–Crippen LogP) is 2.05. The van der Waals surface area contributed by atoms with Crippen molar-refractivity contribution in [2.24, 2.45) is 5.73 Å². The van der Waals surface area contributed by atoms with E-state index in [-0.39, 0.29) is 5.91 Å². The minimum absolute atomic E-state index is 0.0162. The summed E-state index contributed by atoms with van der Waals surface area (Å²) in [6, 6.07) is 5.75. The molecule has 1 amide bonds. The van der Waals surface area contributed by atoms with Crippen LogP contribution in [0.1, 0.15) is 27.9 Å². The average Bonchev–Trinajstić information content (AvgIpc) is 2.28. The lowest BCUT2D eigenvalue weighted by Gasteiger charge is -2.18. The highest BCUT2D eigenvalue weighted by atomic mass is 32.1. The van der Waals surface area contributed by atoms with E-state index in [2.05, 4.69) is 0 Å². The number of carbonyl (C=O) groups excluding carboxylic acids is 1. The van der Waals surface area contributed by atoms with Crippen molar-refractivity contribution in [1.29, 1.82) is 0 Å². The topological polar surface area (TPSA) is 46.3 Å². The number of aryl methyl sites for hydroxylation is 1. The summed E-state index contributed by atoms with van der Waals surface area (Å²) in [4.78, 5) is 14.3. The lowest BCUT2D eigenvalue weighted by Crippen LogP contribution is -2.30. The molecule has 0 saturated carbocycles. The molecule has 0 fully saturated rings. The molecule has 0 aliphatic carbocycles. The third-order valence-electron chi connectivity index (χ3n) is 2.88. The molecule has 2 N–H and O–H groups in total.